The van der Waals surface area contributed by atoms with E-state index >= 15 is 0 Å². The number of pyridine rings is 1. The zero-order chi connectivity index (χ0) is 19.0. The largest absolute Gasteiger partial charge is 0.419 e. The van der Waals surface area contributed by atoms with E-state index in [-0.39, 0.29) is 17.3 Å². The summed E-state index contributed by atoms with van der Waals surface area (Å²) in [4.78, 5) is 3.99. The first-order chi connectivity index (χ1) is 13.0. The topological polar surface area (TPSA) is 82.5 Å². The second kappa shape index (κ2) is 7.09. The summed E-state index contributed by atoms with van der Waals surface area (Å²) in [6.07, 6.45) is 3.34. The number of thiol groups is 1. The van der Waals surface area contributed by atoms with Gasteiger partial charge in [0.05, 0.1) is 5.56 Å². The van der Waals surface area contributed by atoms with E-state index < -0.39 is 11.1 Å². The van der Waals surface area contributed by atoms with Crippen LogP contribution in [0.25, 0.3) is 22.8 Å². The maximum Gasteiger partial charge on any atom is 0.250 e. The molecule has 10 heteroatoms. The Morgan fingerprint density at radius 1 is 1.11 bits per heavy atom. The minimum Gasteiger partial charge on any atom is -0.419 e. The van der Waals surface area contributed by atoms with Crippen molar-refractivity contribution in [1.82, 2.24) is 29.9 Å². The molecule has 0 fully saturated rings. The number of rotatable bonds is 4. The molecule has 0 N–H and O–H groups in total. The number of aromatic nitrogens is 6. The first-order valence-electron chi connectivity index (χ1n) is 7.81. The van der Waals surface area contributed by atoms with Gasteiger partial charge in [-0.3, -0.25) is 4.98 Å². The van der Waals surface area contributed by atoms with Gasteiger partial charge in [0.15, 0.2) is 11.6 Å². The fourth-order valence-corrected chi connectivity index (χ4v) is 3.06. The van der Waals surface area contributed by atoms with Crippen LogP contribution in [-0.2, 0) is 7.05 Å². The van der Waals surface area contributed by atoms with Gasteiger partial charge in [0, 0.05) is 30.0 Å². The predicted octanol–water partition coefficient (Wildman–Crippen LogP) is 3.74. The van der Waals surface area contributed by atoms with Crippen molar-refractivity contribution in [2.75, 3.05) is 0 Å². The quantitative estimate of drug-likeness (QED) is 0.523. The van der Waals surface area contributed by atoms with Gasteiger partial charge in [0.1, 0.15) is 11.1 Å². The van der Waals surface area contributed by atoms with Crippen LogP contribution in [0.3, 0.4) is 0 Å². The molecule has 136 valence electrons. The van der Waals surface area contributed by atoms with Gasteiger partial charge < -0.3 is 8.98 Å². The van der Waals surface area contributed by atoms with E-state index in [9.17, 15) is 4.39 Å². The molecule has 1 atom stereocenters. The van der Waals surface area contributed by atoms with Gasteiger partial charge in [-0.15, -0.1) is 20.4 Å². The molecule has 0 aliphatic rings. The molecule has 4 rings (SSSR count). The van der Waals surface area contributed by atoms with Crippen molar-refractivity contribution in [3.63, 3.8) is 0 Å². The van der Waals surface area contributed by atoms with E-state index in [0.29, 0.717) is 16.7 Å². The monoisotopic (exact) mass is 402 g/mol. The van der Waals surface area contributed by atoms with Crippen LogP contribution in [0.2, 0.25) is 5.02 Å². The highest BCUT2D eigenvalue weighted by atomic mass is 35.5. The predicted molar refractivity (Wildman–Crippen MR) is 99.8 cm³/mol. The molecule has 3 aromatic heterocycles. The molecule has 0 saturated carbocycles. The number of benzene rings is 1. The van der Waals surface area contributed by atoms with Crippen LogP contribution < -0.4 is 0 Å². The summed E-state index contributed by atoms with van der Waals surface area (Å²) in [5.74, 6) is 0.827. The molecule has 0 saturated heterocycles. The number of hydrogen-bond acceptors (Lipinski definition) is 7. The summed E-state index contributed by atoms with van der Waals surface area (Å²) in [5, 5.41) is 16.0. The van der Waals surface area contributed by atoms with Gasteiger partial charge in [-0.25, -0.2) is 4.39 Å². The van der Waals surface area contributed by atoms with Crippen LogP contribution >= 0.6 is 24.2 Å². The van der Waals surface area contributed by atoms with Gasteiger partial charge >= 0.3 is 0 Å². The normalized spacial score (nSPS) is 12.3. The van der Waals surface area contributed by atoms with Crippen LogP contribution in [-0.4, -0.2) is 29.9 Å². The minimum absolute atomic E-state index is 0.0144. The molecule has 4 aromatic rings. The maximum absolute atomic E-state index is 14.0. The van der Waals surface area contributed by atoms with E-state index in [1.807, 2.05) is 19.2 Å². The molecule has 1 unspecified atom stereocenters. The van der Waals surface area contributed by atoms with Crippen molar-refractivity contribution in [2.24, 2.45) is 7.05 Å². The molecule has 3 heterocycles. The molecule has 0 amide bonds. The van der Waals surface area contributed by atoms with Crippen LogP contribution in [0, 0.1) is 5.82 Å². The van der Waals surface area contributed by atoms with Gasteiger partial charge in [0.2, 0.25) is 5.89 Å². The Morgan fingerprint density at radius 3 is 2.67 bits per heavy atom. The number of hydrogen-bond donors (Lipinski definition) is 1. The van der Waals surface area contributed by atoms with Gasteiger partial charge in [-0.05, 0) is 30.3 Å². The number of halogens is 2. The molecule has 27 heavy (non-hydrogen) atoms. The Morgan fingerprint density at radius 2 is 1.89 bits per heavy atom. The highest BCUT2D eigenvalue weighted by molar-refractivity contribution is 7.80. The lowest BCUT2D eigenvalue weighted by molar-refractivity contribution is 0.503. The average Bonchev–Trinajstić information content (AvgIpc) is 3.31. The molecular weight excluding hydrogens is 391 g/mol. The van der Waals surface area contributed by atoms with Crippen LogP contribution in [0.1, 0.15) is 17.0 Å². The maximum atomic E-state index is 14.0. The summed E-state index contributed by atoms with van der Waals surface area (Å²) < 4.78 is 21.4. The van der Waals surface area contributed by atoms with Crippen LogP contribution in [0.5, 0.6) is 0 Å². The van der Waals surface area contributed by atoms with E-state index in [1.54, 1.807) is 17.0 Å². The zero-order valence-corrected chi connectivity index (χ0v) is 15.6. The Hall–Kier alpha value is -2.78. The smallest absolute Gasteiger partial charge is 0.250 e. The SMILES string of the molecule is Cn1c(-c2ccncc2)nnc1C(S)c1nnc(-c2cc(Cl)ccc2F)o1. The summed E-state index contributed by atoms with van der Waals surface area (Å²) in [6, 6.07) is 7.76. The third kappa shape index (κ3) is 3.31. The lowest BCUT2D eigenvalue weighted by atomic mass is 10.2. The molecule has 7 nitrogen and oxygen atoms in total. The Balaban J connectivity index is 1.67. The molecule has 0 bridgehead atoms. The summed E-state index contributed by atoms with van der Waals surface area (Å²) >= 11 is 10.4. The summed E-state index contributed by atoms with van der Waals surface area (Å²) in [7, 11) is 1.81. The summed E-state index contributed by atoms with van der Waals surface area (Å²) in [5.41, 5.74) is 0.983. The fraction of sp³-hybridized carbons (Fsp3) is 0.118. The van der Waals surface area contributed by atoms with E-state index in [2.05, 4.69) is 38.0 Å². The van der Waals surface area contributed by atoms with E-state index in [4.69, 9.17) is 16.0 Å². The van der Waals surface area contributed by atoms with Crippen molar-refractivity contribution in [1.29, 1.82) is 0 Å². The second-order valence-corrected chi connectivity index (χ2v) is 6.60. The fourth-order valence-electron chi connectivity index (χ4n) is 2.56. The van der Waals surface area contributed by atoms with Crippen molar-refractivity contribution in [2.45, 2.75) is 5.25 Å². The number of nitrogens with zero attached hydrogens (tertiary/aromatic N) is 6. The Labute approximate surface area is 163 Å². The van der Waals surface area contributed by atoms with E-state index in [1.165, 1.54) is 18.2 Å². The van der Waals surface area contributed by atoms with Gasteiger partial charge in [-0.2, -0.15) is 12.6 Å². The standard InChI is InChI=1S/C17H12ClFN6OS/c1-25-14(9-4-6-20-7-5-9)21-22-15(25)13(27)17-24-23-16(26-17)11-8-10(18)2-3-12(11)19/h2-8,13,27H,1H3. The molecule has 1 aromatic carbocycles. The third-order valence-electron chi connectivity index (χ3n) is 3.92. The lowest BCUT2D eigenvalue weighted by Gasteiger charge is -2.07. The first kappa shape index (κ1) is 17.6. The first-order valence-corrected chi connectivity index (χ1v) is 8.70. The Bertz CT molecular complexity index is 1100. The molecule has 0 aliphatic carbocycles. The van der Waals surface area contributed by atoms with Crippen molar-refractivity contribution in [3.8, 4) is 22.8 Å². The highest BCUT2D eigenvalue weighted by Crippen LogP contribution is 2.31. The molecule has 0 spiro atoms. The molecule has 0 aliphatic heterocycles. The van der Waals surface area contributed by atoms with Gasteiger partial charge in [-0.1, -0.05) is 11.6 Å². The summed E-state index contributed by atoms with van der Waals surface area (Å²) in [6.45, 7) is 0. The lowest BCUT2D eigenvalue weighted by Crippen LogP contribution is -2.04. The van der Waals surface area contributed by atoms with Crippen molar-refractivity contribution in [3.05, 3.63) is 65.3 Å². The van der Waals surface area contributed by atoms with Crippen LogP contribution in [0.15, 0.2) is 47.1 Å². The molecular formula is C17H12ClFN6OS. The minimum atomic E-state index is -0.637. The second-order valence-electron chi connectivity index (χ2n) is 5.65. The zero-order valence-electron chi connectivity index (χ0n) is 13.9. The average molecular weight is 403 g/mol. The van der Waals surface area contributed by atoms with Gasteiger partial charge in [0.25, 0.3) is 5.89 Å². The van der Waals surface area contributed by atoms with Crippen molar-refractivity contribution < 1.29 is 8.81 Å². The Kier molecular flexibility index (Phi) is 4.63. The van der Waals surface area contributed by atoms with Crippen LogP contribution in [0.4, 0.5) is 4.39 Å². The molecule has 0 radical (unpaired) electrons. The highest BCUT2D eigenvalue weighted by Gasteiger charge is 2.25. The van der Waals surface area contributed by atoms with E-state index in [0.717, 1.165) is 5.56 Å². The van der Waals surface area contributed by atoms with Crippen molar-refractivity contribution >= 4 is 24.2 Å². The third-order valence-corrected chi connectivity index (χ3v) is 4.61.